The molecule has 3 rings (SSSR count). The highest BCUT2D eigenvalue weighted by atomic mass is 16.6. The Labute approximate surface area is 165 Å². The average molecular weight is 388 g/mol. The number of hydrogen-bond donors (Lipinski definition) is 1. The third-order valence-corrected chi connectivity index (χ3v) is 4.26. The Morgan fingerprint density at radius 3 is 2.69 bits per heavy atom. The van der Waals surface area contributed by atoms with E-state index >= 15 is 0 Å². The van der Waals surface area contributed by atoms with Gasteiger partial charge in [-0.3, -0.25) is 19.7 Å². The SMILES string of the molecule is Cc1cccc(Cn2cc(C(=O)Nc3ccc([N+](=O)[O-])cc3C#N)ccc2=O)c1. The molecular formula is C21H16N4O4. The molecule has 0 fully saturated rings. The van der Waals surface area contributed by atoms with Crippen molar-refractivity contribution in [2.24, 2.45) is 0 Å². The number of carbonyl (C=O) groups excluding carboxylic acids is 1. The number of hydrogen-bond acceptors (Lipinski definition) is 5. The Balaban J connectivity index is 1.86. The first-order chi connectivity index (χ1) is 13.9. The van der Waals surface area contributed by atoms with E-state index < -0.39 is 10.8 Å². The zero-order valence-electron chi connectivity index (χ0n) is 15.5. The lowest BCUT2D eigenvalue weighted by molar-refractivity contribution is -0.384. The van der Waals surface area contributed by atoms with Gasteiger partial charge in [0.2, 0.25) is 0 Å². The van der Waals surface area contributed by atoms with Gasteiger partial charge in [-0.25, -0.2) is 0 Å². The van der Waals surface area contributed by atoms with Gasteiger partial charge in [0.25, 0.3) is 17.2 Å². The molecule has 0 bridgehead atoms. The Bertz CT molecular complexity index is 1210. The van der Waals surface area contributed by atoms with Crippen molar-refractivity contribution in [2.75, 3.05) is 5.32 Å². The van der Waals surface area contributed by atoms with Crippen molar-refractivity contribution in [3.05, 3.63) is 104 Å². The maximum absolute atomic E-state index is 12.6. The predicted molar refractivity (Wildman–Crippen MR) is 107 cm³/mol. The van der Waals surface area contributed by atoms with Crippen LogP contribution in [0.5, 0.6) is 0 Å². The number of carbonyl (C=O) groups is 1. The first-order valence-electron chi connectivity index (χ1n) is 8.63. The molecule has 1 heterocycles. The van der Waals surface area contributed by atoms with E-state index in [-0.39, 0.29) is 28.1 Å². The van der Waals surface area contributed by atoms with Gasteiger partial charge in [-0.1, -0.05) is 29.8 Å². The van der Waals surface area contributed by atoms with Gasteiger partial charge in [0.15, 0.2) is 0 Å². The highest BCUT2D eigenvalue weighted by Crippen LogP contribution is 2.22. The van der Waals surface area contributed by atoms with Crippen molar-refractivity contribution < 1.29 is 9.72 Å². The van der Waals surface area contributed by atoms with E-state index in [0.29, 0.717) is 6.54 Å². The zero-order chi connectivity index (χ0) is 21.0. The second-order valence-electron chi connectivity index (χ2n) is 6.43. The Morgan fingerprint density at radius 2 is 2.00 bits per heavy atom. The van der Waals surface area contributed by atoms with E-state index in [9.17, 15) is 25.0 Å². The molecule has 0 aliphatic heterocycles. The summed E-state index contributed by atoms with van der Waals surface area (Å²) in [7, 11) is 0. The lowest BCUT2D eigenvalue weighted by atomic mass is 10.1. The number of nitro groups is 1. The van der Waals surface area contributed by atoms with E-state index in [0.717, 1.165) is 17.2 Å². The van der Waals surface area contributed by atoms with Crippen LogP contribution >= 0.6 is 0 Å². The van der Waals surface area contributed by atoms with Crippen molar-refractivity contribution >= 4 is 17.3 Å². The fourth-order valence-corrected chi connectivity index (χ4v) is 2.84. The predicted octanol–water partition coefficient (Wildman–Crippen LogP) is 3.24. The molecule has 1 amide bonds. The number of nitro benzene ring substituents is 1. The Kier molecular flexibility index (Phi) is 5.51. The Hall–Kier alpha value is -4.25. The standard InChI is InChI=1S/C21H16N4O4/c1-14-3-2-4-15(9-14)12-24-13-16(5-8-20(24)26)21(27)23-19-7-6-18(25(28)29)10-17(19)11-22/h2-10,13H,12H2,1H3,(H,23,27). The van der Waals surface area contributed by atoms with Gasteiger partial charge in [0.05, 0.1) is 28.3 Å². The average Bonchev–Trinajstić information content (AvgIpc) is 2.69. The molecule has 0 unspecified atom stereocenters. The number of amides is 1. The zero-order valence-corrected chi connectivity index (χ0v) is 15.5. The van der Waals surface area contributed by atoms with E-state index in [1.165, 1.54) is 35.0 Å². The molecule has 0 atom stereocenters. The van der Waals surface area contributed by atoms with Gasteiger partial charge in [0.1, 0.15) is 6.07 Å². The van der Waals surface area contributed by atoms with Crippen LogP contribution in [-0.2, 0) is 6.54 Å². The van der Waals surface area contributed by atoms with Crippen LogP contribution in [0, 0.1) is 28.4 Å². The number of benzene rings is 2. The van der Waals surface area contributed by atoms with Crippen LogP contribution in [0.1, 0.15) is 27.0 Å². The van der Waals surface area contributed by atoms with E-state index in [1.807, 2.05) is 37.3 Å². The molecule has 144 valence electrons. The summed E-state index contributed by atoms with van der Waals surface area (Å²) in [6, 6.07) is 15.8. The minimum absolute atomic E-state index is 0.0272. The summed E-state index contributed by atoms with van der Waals surface area (Å²) in [4.78, 5) is 35.0. The first-order valence-corrected chi connectivity index (χ1v) is 8.63. The number of nitriles is 1. The number of rotatable bonds is 5. The minimum Gasteiger partial charge on any atom is -0.321 e. The van der Waals surface area contributed by atoms with Gasteiger partial charge in [-0.15, -0.1) is 0 Å². The fraction of sp³-hybridized carbons (Fsp3) is 0.0952. The summed E-state index contributed by atoms with van der Waals surface area (Å²) in [5.41, 5.74) is 1.83. The number of non-ortho nitro benzene ring substituents is 1. The second-order valence-corrected chi connectivity index (χ2v) is 6.43. The van der Waals surface area contributed by atoms with Gasteiger partial charge < -0.3 is 9.88 Å². The van der Waals surface area contributed by atoms with Gasteiger partial charge in [-0.2, -0.15) is 5.26 Å². The molecule has 8 heteroatoms. The fourth-order valence-electron chi connectivity index (χ4n) is 2.84. The van der Waals surface area contributed by atoms with Crippen LogP contribution in [-0.4, -0.2) is 15.4 Å². The third kappa shape index (κ3) is 4.54. The van der Waals surface area contributed by atoms with Crippen molar-refractivity contribution in [3.63, 3.8) is 0 Å². The molecule has 0 aliphatic carbocycles. The lowest BCUT2D eigenvalue weighted by Gasteiger charge is -2.10. The molecule has 2 aromatic carbocycles. The van der Waals surface area contributed by atoms with E-state index in [2.05, 4.69) is 5.32 Å². The largest absolute Gasteiger partial charge is 0.321 e. The van der Waals surface area contributed by atoms with E-state index in [4.69, 9.17) is 0 Å². The summed E-state index contributed by atoms with van der Waals surface area (Å²) < 4.78 is 1.42. The molecule has 3 aromatic rings. The summed E-state index contributed by atoms with van der Waals surface area (Å²) in [5, 5.41) is 22.6. The maximum Gasteiger partial charge on any atom is 0.270 e. The monoisotopic (exact) mass is 388 g/mol. The van der Waals surface area contributed by atoms with Gasteiger partial charge >= 0.3 is 0 Å². The minimum atomic E-state index is -0.617. The number of aromatic nitrogens is 1. The van der Waals surface area contributed by atoms with Gasteiger partial charge in [-0.05, 0) is 24.6 Å². The molecular weight excluding hydrogens is 372 g/mol. The van der Waals surface area contributed by atoms with Gasteiger partial charge in [0, 0.05) is 24.4 Å². The lowest BCUT2D eigenvalue weighted by Crippen LogP contribution is -2.22. The number of nitrogens with one attached hydrogen (secondary N) is 1. The maximum atomic E-state index is 12.6. The Morgan fingerprint density at radius 1 is 1.21 bits per heavy atom. The molecule has 29 heavy (non-hydrogen) atoms. The van der Waals surface area contributed by atoms with E-state index in [1.54, 1.807) is 0 Å². The van der Waals surface area contributed by atoms with Crippen LogP contribution in [0.15, 0.2) is 65.6 Å². The van der Waals surface area contributed by atoms with Crippen molar-refractivity contribution in [2.45, 2.75) is 13.5 Å². The quantitative estimate of drug-likeness (QED) is 0.532. The van der Waals surface area contributed by atoms with Crippen molar-refractivity contribution in [1.29, 1.82) is 5.26 Å². The van der Waals surface area contributed by atoms with Crippen molar-refractivity contribution in [1.82, 2.24) is 4.57 Å². The van der Waals surface area contributed by atoms with Crippen LogP contribution in [0.2, 0.25) is 0 Å². The van der Waals surface area contributed by atoms with Crippen LogP contribution in [0.25, 0.3) is 0 Å². The number of anilines is 1. The number of aryl methyl sites for hydroxylation is 1. The van der Waals surface area contributed by atoms with Crippen LogP contribution in [0.4, 0.5) is 11.4 Å². The third-order valence-electron chi connectivity index (χ3n) is 4.26. The normalized spacial score (nSPS) is 10.2. The molecule has 0 aliphatic rings. The number of pyridine rings is 1. The second kappa shape index (κ2) is 8.19. The van der Waals surface area contributed by atoms with Crippen LogP contribution in [0.3, 0.4) is 0 Å². The molecule has 0 saturated heterocycles. The van der Waals surface area contributed by atoms with Crippen molar-refractivity contribution in [3.8, 4) is 6.07 Å². The highest BCUT2D eigenvalue weighted by Gasteiger charge is 2.14. The molecule has 8 nitrogen and oxygen atoms in total. The molecule has 1 aromatic heterocycles. The molecule has 0 saturated carbocycles. The summed E-state index contributed by atoms with van der Waals surface area (Å²) >= 11 is 0. The topological polar surface area (TPSA) is 118 Å². The first kappa shape index (κ1) is 19.5. The highest BCUT2D eigenvalue weighted by molar-refractivity contribution is 6.04. The smallest absolute Gasteiger partial charge is 0.270 e. The summed E-state index contributed by atoms with van der Waals surface area (Å²) in [5.74, 6) is -0.534. The molecule has 0 spiro atoms. The number of nitrogens with zero attached hydrogens (tertiary/aromatic N) is 3. The van der Waals surface area contributed by atoms with Crippen LogP contribution < -0.4 is 10.9 Å². The molecule has 1 N–H and O–H groups in total. The summed E-state index contributed by atoms with van der Waals surface area (Å²) in [6.07, 6.45) is 1.44. The molecule has 0 radical (unpaired) electrons. The summed E-state index contributed by atoms with van der Waals surface area (Å²) in [6.45, 7) is 2.26.